The SMILES string of the molecule is C#CCSCCNc1c(C)cccc1N. The Morgan fingerprint density at radius 2 is 2.33 bits per heavy atom. The van der Waals surface area contributed by atoms with E-state index in [2.05, 4.69) is 11.2 Å². The molecule has 0 radical (unpaired) electrons. The third kappa shape index (κ3) is 3.77. The fourth-order valence-corrected chi connectivity index (χ4v) is 1.82. The summed E-state index contributed by atoms with van der Waals surface area (Å²) in [5, 5.41) is 3.33. The average molecular weight is 220 g/mol. The molecule has 0 heterocycles. The number of para-hydroxylation sites is 1. The molecule has 2 nitrogen and oxygen atoms in total. The quantitative estimate of drug-likeness (QED) is 0.454. The van der Waals surface area contributed by atoms with E-state index < -0.39 is 0 Å². The minimum atomic E-state index is 0.769. The van der Waals surface area contributed by atoms with Gasteiger partial charge in [0.15, 0.2) is 0 Å². The fourth-order valence-electron chi connectivity index (χ4n) is 1.31. The number of nitrogens with two attached hydrogens (primary N) is 1. The summed E-state index contributed by atoms with van der Waals surface area (Å²) in [4.78, 5) is 0. The van der Waals surface area contributed by atoms with E-state index in [-0.39, 0.29) is 0 Å². The first-order chi connectivity index (χ1) is 7.25. The number of nitrogens with one attached hydrogen (secondary N) is 1. The van der Waals surface area contributed by atoms with Gasteiger partial charge in [0.1, 0.15) is 0 Å². The summed E-state index contributed by atoms with van der Waals surface area (Å²) < 4.78 is 0. The first-order valence-electron chi connectivity index (χ1n) is 4.86. The van der Waals surface area contributed by atoms with Crippen molar-refractivity contribution in [1.82, 2.24) is 0 Å². The predicted molar refractivity (Wildman–Crippen MR) is 70.2 cm³/mol. The van der Waals surface area contributed by atoms with E-state index in [0.29, 0.717) is 0 Å². The minimum Gasteiger partial charge on any atom is -0.397 e. The molecule has 0 aliphatic carbocycles. The van der Waals surface area contributed by atoms with Gasteiger partial charge in [0.2, 0.25) is 0 Å². The maximum absolute atomic E-state index is 5.86. The van der Waals surface area contributed by atoms with Crippen LogP contribution in [0.25, 0.3) is 0 Å². The van der Waals surface area contributed by atoms with Crippen LogP contribution in [0.1, 0.15) is 5.56 Å². The number of terminal acetylenes is 1. The average Bonchev–Trinajstić information content (AvgIpc) is 2.21. The second kappa shape index (κ2) is 6.26. The molecule has 0 aromatic heterocycles. The topological polar surface area (TPSA) is 38.0 Å². The summed E-state index contributed by atoms with van der Waals surface area (Å²) >= 11 is 1.74. The second-order valence-corrected chi connectivity index (χ2v) is 4.33. The predicted octanol–water partition coefficient (Wildman–Crippen LogP) is 2.36. The van der Waals surface area contributed by atoms with Gasteiger partial charge in [0.05, 0.1) is 17.1 Å². The van der Waals surface area contributed by atoms with Crippen molar-refractivity contribution in [3.05, 3.63) is 23.8 Å². The number of nitrogen functional groups attached to an aromatic ring is 1. The van der Waals surface area contributed by atoms with E-state index in [0.717, 1.165) is 29.4 Å². The molecule has 0 saturated heterocycles. The van der Waals surface area contributed by atoms with Gasteiger partial charge in [-0.15, -0.1) is 18.2 Å². The third-order valence-corrected chi connectivity index (χ3v) is 2.90. The van der Waals surface area contributed by atoms with Gasteiger partial charge in [0.25, 0.3) is 0 Å². The maximum Gasteiger partial charge on any atom is 0.0603 e. The van der Waals surface area contributed by atoms with E-state index in [9.17, 15) is 0 Å². The Bertz CT molecular complexity index is 335. The summed E-state index contributed by atoms with van der Waals surface area (Å²) in [6.07, 6.45) is 5.16. The highest BCUT2D eigenvalue weighted by atomic mass is 32.2. The Balaban J connectivity index is 2.41. The highest BCUT2D eigenvalue weighted by molar-refractivity contribution is 7.99. The summed E-state index contributed by atoms with van der Waals surface area (Å²) in [7, 11) is 0. The van der Waals surface area contributed by atoms with Crippen molar-refractivity contribution in [2.24, 2.45) is 0 Å². The molecule has 1 aromatic rings. The van der Waals surface area contributed by atoms with Crippen molar-refractivity contribution in [3.8, 4) is 12.3 Å². The first kappa shape index (κ1) is 11.8. The molecule has 0 saturated carbocycles. The standard InChI is InChI=1S/C12H16N2S/c1-3-8-15-9-7-14-12-10(2)5-4-6-11(12)13/h1,4-6,14H,7-9,13H2,2H3. The number of benzene rings is 1. The van der Waals surface area contributed by atoms with Gasteiger partial charge >= 0.3 is 0 Å². The lowest BCUT2D eigenvalue weighted by molar-refractivity contribution is 1.21. The monoisotopic (exact) mass is 220 g/mol. The zero-order valence-electron chi connectivity index (χ0n) is 8.92. The van der Waals surface area contributed by atoms with Gasteiger partial charge in [-0.25, -0.2) is 0 Å². The van der Waals surface area contributed by atoms with Crippen molar-refractivity contribution in [2.45, 2.75) is 6.92 Å². The molecule has 3 heteroatoms. The summed E-state index contributed by atoms with van der Waals surface area (Å²) in [5.74, 6) is 4.37. The Hall–Kier alpha value is -1.27. The lowest BCUT2D eigenvalue weighted by Crippen LogP contribution is -2.07. The molecule has 15 heavy (non-hydrogen) atoms. The van der Waals surface area contributed by atoms with Crippen LogP contribution in [0.3, 0.4) is 0 Å². The Morgan fingerprint density at radius 3 is 3.00 bits per heavy atom. The molecule has 1 aromatic carbocycles. The van der Waals surface area contributed by atoms with Crippen LogP contribution >= 0.6 is 11.8 Å². The molecule has 1 rings (SSSR count). The molecule has 0 aliphatic rings. The van der Waals surface area contributed by atoms with E-state index in [4.69, 9.17) is 12.2 Å². The van der Waals surface area contributed by atoms with Crippen LogP contribution in [0.5, 0.6) is 0 Å². The number of hydrogen-bond donors (Lipinski definition) is 2. The molecular weight excluding hydrogens is 204 g/mol. The molecule has 0 fully saturated rings. The molecule has 0 aliphatic heterocycles. The zero-order valence-corrected chi connectivity index (χ0v) is 9.73. The smallest absolute Gasteiger partial charge is 0.0603 e. The van der Waals surface area contributed by atoms with Gasteiger partial charge in [0, 0.05) is 12.3 Å². The largest absolute Gasteiger partial charge is 0.397 e. The number of hydrogen-bond acceptors (Lipinski definition) is 3. The Labute approximate surface area is 95.6 Å². The second-order valence-electron chi connectivity index (χ2n) is 3.22. The molecule has 0 unspecified atom stereocenters. The Morgan fingerprint density at radius 1 is 1.53 bits per heavy atom. The van der Waals surface area contributed by atoms with E-state index in [1.807, 2.05) is 25.1 Å². The maximum atomic E-state index is 5.86. The Kier molecular flexibility index (Phi) is 4.92. The molecule has 3 N–H and O–H groups in total. The van der Waals surface area contributed by atoms with Gasteiger partial charge in [-0.05, 0) is 18.6 Å². The van der Waals surface area contributed by atoms with E-state index >= 15 is 0 Å². The van der Waals surface area contributed by atoms with Crippen molar-refractivity contribution < 1.29 is 0 Å². The highest BCUT2D eigenvalue weighted by Crippen LogP contribution is 2.22. The van der Waals surface area contributed by atoms with Crippen molar-refractivity contribution in [1.29, 1.82) is 0 Å². The van der Waals surface area contributed by atoms with Crippen molar-refractivity contribution in [2.75, 3.05) is 29.1 Å². The lowest BCUT2D eigenvalue weighted by atomic mass is 10.1. The number of rotatable bonds is 5. The fraction of sp³-hybridized carbons (Fsp3) is 0.333. The summed E-state index contributed by atoms with van der Waals surface area (Å²) in [5.41, 5.74) is 8.88. The molecule has 0 bridgehead atoms. The van der Waals surface area contributed by atoms with Crippen LogP contribution in [0, 0.1) is 19.3 Å². The van der Waals surface area contributed by atoms with E-state index in [1.165, 1.54) is 5.56 Å². The van der Waals surface area contributed by atoms with Gasteiger partial charge in [-0.2, -0.15) is 0 Å². The number of anilines is 2. The van der Waals surface area contributed by atoms with Gasteiger partial charge in [-0.3, -0.25) is 0 Å². The molecule has 0 amide bonds. The van der Waals surface area contributed by atoms with E-state index in [1.54, 1.807) is 11.8 Å². The number of thioether (sulfide) groups is 1. The molecule has 80 valence electrons. The molecule has 0 spiro atoms. The van der Waals surface area contributed by atoms with Crippen LogP contribution in [0.4, 0.5) is 11.4 Å². The molecule has 0 atom stereocenters. The van der Waals surface area contributed by atoms with Crippen LogP contribution in [-0.2, 0) is 0 Å². The number of aryl methyl sites for hydroxylation is 1. The normalized spacial score (nSPS) is 9.60. The zero-order chi connectivity index (χ0) is 11.1. The van der Waals surface area contributed by atoms with Crippen LogP contribution in [0.15, 0.2) is 18.2 Å². The third-order valence-electron chi connectivity index (χ3n) is 2.04. The molecular formula is C12H16N2S. The first-order valence-corrected chi connectivity index (χ1v) is 6.01. The van der Waals surface area contributed by atoms with Crippen LogP contribution < -0.4 is 11.1 Å². The van der Waals surface area contributed by atoms with Crippen molar-refractivity contribution in [3.63, 3.8) is 0 Å². The van der Waals surface area contributed by atoms with Gasteiger partial charge in [-0.1, -0.05) is 18.1 Å². The lowest BCUT2D eigenvalue weighted by Gasteiger charge is -2.11. The van der Waals surface area contributed by atoms with Crippen molar-refractivity contribution >= 4 is 23.1 Å². The summed E-state index contributed by atoms with van der Waals surface area (Å²) in [6.45, 7) is 2.94. The minimum absolute atomic E-state index is 0.769. The van der Waals surface area contributed by atoms with Crippen LogP contribution in [-0.4, -0.2) is 18.1 Å². The summed E-state index contributed by atoms with van der Waals surface area (Å²) in [6, 6.07) is 5.92. The highest BCUT2D eigenvalue weighted by Gasteiger charge is 2.00. The van der Waals surface area contributed by atoms with Crippen LogP contribution in [0.2, 0.25) is 0 Å². The van der Waals surface area contributed by atoms with Gasteiger partial charge < -0.3 is 11.1 Å².